The number of rotatable bonds is 2. The number of benzene rings is 1. The van der Waals surface area contributed by atoms with Crippen LogP contribution in [0.4, 0.5) is 4.39 Å². The van der Waals surface area contributed by atoms with Crippen molar-refractivity contribution in [3.8, 4) is 0 Å². The van der Waals surface area contributed by atoms with Gasteiger partial charge in [0.25, 0.3) is 0 Å². The summed E-state index contributed by atoms with van der Waals surface area (Å²) in [5, 5.41) is 0.280. The number of methoxy groups -OCH3 is 2. The third-order valence-electron chi connectivity index (χ3n) is 2.54. The number of ether oxygens (including phenoxy) is 2. The van der Waals surface area contributed by atoms with Crippen molar-refractivity contribution in [3.63, 3.8) is 0 Å². The van der Waals surface area contributed by atoms with E-state index in [-0.39, 0.29) is 16.6 Å². The molecule has 0 aliphatic rings. The molecule has 0 bridgehead atoms. The minimum absolute atomic E-state index is 0.0288. The van der Waals surface area contributed by atoms with Crippen LogP contribution in [0.1, 0.15) is 20.8 Å². The molecule has 5 nitrogen and oxygen atoms in total. The second kappa shape index (κ2) is 4.48. The van der Waals surface area contributed by atoms with Crippen molar-refractivity contribution in [1.82, 2.24) is 4.98 Å². The van der Waals surface area contributed by atoms with Crippen molar-refractivity contribution in [2.45, 2.75) is 0 Å². The molecule has 1 heterocycles. The van der Waals surface area contributed by atoms with Gasteiger partial charge >= 0.3 is 11.9 Å². The van der Waals surface area contributed by atoms with Crippen molar-refractivity contribution >= 4 is 22.8 Å². The van der Waals surface area contributed by atoms with Crippen molar-refractivity contribution < 1.29 is 23.5 Å². The van der Waals surface area contributed by atoms with Crippen LogP contribution in [0.5, 0.6) is 0 Å². The van der Waals surface area contributed by atoms with Gasteiger partial charge < -0.3 is 14.5 Å². The quantitative estimate of drug-likeness (QED) is 0.827. The number of hydrogen-bond donors (Lipinski definition) is 1. The van der Waals surface area contributed by atoms with Crippen LogP contribution >= 0.6 is 0 Å². The number of hydrogen-bond acceptors (Lipinski definition) is 4. The van der Waals surface area contributed by atoms with Crippen LogP contribution in [0, 0.1) is 5.82 Å². The summed E-state index contributed by atoms with van der Waals surface area (Å²) < 4.78 is 22.3. The highest BCUT2D eigenvalue weighted by Gasteiger charge is 2.24. The van der Waals surface area contributed by atoms with E-state index in [0.29, 0.717) is 5.52 Å². The van der Waals surface area contributed by atoms with E-state index in [9.17, 15) is 14.0 Å². The van der Waals surface area contributed by atoms with E-state index in [1.807, 2.05) is 0 Å². The van der Waals surface area contributed by atoms with Crippen LogP contribution < -0.4 is 0 Å². The summed E-state index contributed by atoms with van der Waals surface area (Å²) in [7, 11) is 2.37. The third-order valence-corrected chi connectivity index (χ3v) is 2.54. The lowest BCUT2D eigenvalue weighted by molar-refractivity contribution is 0.0553. The summed E-state index contributed by atoms with van der Waals surface area (Å²) >= 11 is 0. The Hall–Kier alpha value is -2.37. The largest absolute Gasteiger partial charge is 0.465 e. The molecule has 0 saturated heterocycles. The molecule has 1 aromatic heterocycles. The van der Waals surface area contributed by atoms with Crippen LogP contribution in [0.25, 0.3) is 10.9 Å². The predicted octanol–water partition coefficient (Wildman–Crippen LogP) is 1.88. The lowest BCUT2D eigenvalue weighted by Gasteiger charge is -2.00. The van der Waals surface area contributed by atoms with Gasteiger partial charge in [0.15, 0.2) is 0 Å². The fourth-order valence-electron chi connectivity index (χ4n) is 1.73. The van der Waals surface area contributed by atoms with E-state index in [2.05, 4.69) is 14.5 Å². The normalized spacial score (nSPS) is 10.4. The molecule has 94 valence electrons. The molecular weight excluding hydrogens is 241 g/mol. The minimum Gasteiger partial charge on any atom is -0.465 e. The second-order valence-corrected chi connectivity index (χ2v) is 3.55. The van der Waals surface area contributed by atoms with Crippen LogP contribution in [-0.2, 0) is 9.47 Å². The van der Waals surface area contributed by atoms with Gasteiger partial charge in [0, 0.05) is 10.9 Å². The fourth-order valence-corrected chi connectivity index (χ4v) is 1.73. The minimum atomic E-state index is -0.729. The molecule has 0 aliphatic heterocycles. The summed E-state index contributed by atoms with van der Waals surface area (Å²) in [6, 6.07) is 3.81. The monoisotopic (exact) mass is 251 g/mol. The van der Waals surface area contributed by atoms with Crippen LogP contribution in [0.2, 0.25) is 0 Å². The zero-order valence-corrected chi connectivity index (χ0v) is 9.74. The topological polar surface area (TPSA) is 68.4 Å². The molecule has 0 spiro atoms. The Morgan fingerprint density at radius 2 is 1.83 bits per heavy atom. The number of halogens is 1. The molecular formula is C12H10FNO4. The molecule has 0 radical (unpaired) electrons. The van der Waals surface area contributed by atoms with Crippen molar-refractivity contribution in [2.24, 2.45) is 0 Å². The molecule has 0 fully saturated rings. The molecule has 0 aliphatic carbocycles. The highest BCUT2D eigenvalue weighted by atomic mass is 19.1. The average Bonchev–Trinajstić information content (AvgIpc) is 2.75. The molecule has 1 aromatic carbocycles. The number of fused-ring (bicyclic) bond motifs is 1. The van der Waals surface area contributed by atoms with Gasteiger partial charge in [-0.1, -0.05) is 0 Å². The Kier molecular flexibility index (Phi) is 3.01. The van der Waals surface area contributed by atoms with Gasteiger partial charge in [-0.25, -0.2) is 14.0 Å². The van der Waals surface area contributed by atoms with Crippen molar-refractivity contribution in [1.29, 1.82) is 0 Å². The highest BCUT2D eigenvalue weighted by Crippen LogP contribution is 2.24. The first-order chi connectivity index (χ1) is 8.58. The van der Waals surface area contributed by atoms with Gasteiger partial charge in [0.2, 0.25) is 0 Å². The Morgan fingerprint density at radius 1 is 1.17 bits per heavy atom. The zero-order chi connectivity index (χ0) is 13.3. The number of H-pyrrole nitrogens is 1. The molecule has 2 rings (SSSR count). The lowest BCUT2D eigenvalue weighted by Crippen LogP contribution is -2.10. The molecule has 2 aromatic rings. The lowest BCUT2D eigenvalue weighted by atomic mass is 10.1. The van der Waals surface area contributed by atoms with Gasteiger partial charge in [-0.05, 0) is 18.2 Å². The number of aromatic amines is 1. The van der Waals surface area contributed by atoms with Gasteiger partial charge in [0.05, 0.1) is 19.8 Å². The van der Waals surface area contributed by atoms with E-state index < -0.39 is 17.8 Å². The maximum absolute atomic E-state index is 13.2. The fraction of sp³-hybridized carbons (Fsp3) is 0.167. The van der Waals surface area contributed by atoms with E-state index >= 15 is 0 Å². The average molecular weight is 251 g/mol. The zero-order valence-electron chi connectivity index (χ0n) is 9.74. The summed E-state index contributed by atoms with van der Waals surface area (Å²) in [6.07, 6.45) is 0. The van der Waals surface area contributed by atoms with Gasteiger partial charge in [-0.2, -0.15) is 0 Å². The van der Waals surface area contributed by atoms with Crippen molar-refractivity contribution in [2.75, 3.05) is 14.2 Å². The molecule has 1 N–H and O–H groups in total. The summed E-state index contributed by atoms with van der Waals surface area (Å²) in [4.78, 5) is 25.9. The first-order valence-electron chi connectivity index (χ1n) is 5.06. The van der Waals surface area contributed by atoms with Crippen LogP contribution in [-0.4, -0.2) is 31.1 Å². The first kappa shape index (κ1) is 12.1. The van der Waals surface area contributed by atoms with Crippen molar-refractivity contribution in [3.05, 3.63) is 35.3 Å². The molecule has 0 atom stereocenters. The van der Waals surface area contributed by atoms with Gasteiger partial charge in [-0.15, -0.1) is 0 Å². The van der Waals surface area contributed by atoms with E-state index in [0.717, 1.165) is 6.07 Å². The number of aromatic nitrogens is 1. The Labute approximate surface area is 101 Å². The molecule has 0 saturated carbocycles. The number of carbonyl (C=O) groups excluding carboxylic acids is 2. The van der Waals surface area contributed by atoms with E-state index in [1.54, 1.807) is 0 Å². The van der Waals surface area contributed by atoms with E-state index in [1.165, 1.54) is 26.4 Å². The highest BCUT2D eigenvalue weighted by molar-refractivity contribution is 6.12. The smallest absolute Gasteiger partial charge is 0.355 e. The maximum atomic E-state index is 13.2. The SMILES string of the molecule is COC(=O)c1[nH]c2ccc(F)cc2c1C(=O)OC. The maximum Gasteiger partial charge on any atom is 0.355 e. The Morgan fingerprint density at radius 3 is 2.44 bits per heavy atom. The number of carbonyl (C=O) groups is 2. The molecule has 6 heteroatoms. The molecule has 0 unspecified atom stereocenters. The van der Waals surface area contributed by atoms with Gasteiger partial charge in [-0.3, -0.25) is 0 Å². The van der Waals surface area contributed by atoms with Crippen LogP contribution in [0.15, 0.2) is 18.2 Å². The first-order valence-corrected chi connectivity index (χ1v) is 5.06. The molecule has 0 amide bonds. The standard InChI is InChI=1S/C12H10FNO4/c1-17-11(15)9-7-5-6(13)3-4-8(7)14-10(9)12(16)18-2/h3-5,14H,1-2H3. The molecule has 18 heavy (non-hydrogen) atoms. The predicted molar refractivity (Wildman–Crippen MR) is 60.9 cm³/mol. The number of esters is 2. The summed E-state index contributed by atoms with van der Waals surface area (Å²) in [5.41, 5.74) is 0.376. The summed E-state index contributed by atoms with van der Waals surface area (Å²) in [6.45, 7) is 0. The van der Waals surface area contributed by atoms with Crippen LogP contribution in [0.3, 0.4) is 0 Å². The number of nitrogens with one attached hydrogen (secondary N) is 1. The Bertz CT molecular complexity index is 632. The second-order valence-electron chi connectivity index (χ2n) is 3.55. The summed E-state index contributed by atoms with van der Waals surface area (Å²) in [5.74, 6) is -1.96. The van der Waals surface area contributed by atoms with E-state index in [4.69, 9.17) is 0 Å². The third kappa shape index (κ3) is 1.81. The van der Waals surface area contributed by atoms with Gasteiger partial charge in [0.1, 0.15) is 11.5 Å². The Balaban J connectivity index is 2.77.